The Hall–Kier alpha value is -1.84. The van der Waals surface area contributed by atoms with Crippen molar-refractivity contribution in [2.24, 2.45) is 0 Å². The van der Waals surface area contributed by atoms with Crippen LogP contribution in [0, 0.1) is 13.8 Å². The van der Waals surface area contributed by atoms with E-state index in [1.807, 2.05) is 13.8 Å². The molecule has 102 valence electrons. The average molecular weight is 260 g/mol. The van der Waals surface area contributed by atoms with Crippen molar-refractivity contribution in [3.05, 3.63) is 29.6 Å². The summed E-state index contributed by atoms with van der Waals surface area (Å²) in [7, 11) is 0. The lowest BCUT2D eigenvalue weighted by Crippen LogP contribution is -2.07. The number of ether oxygens (including phenoxy) is 1. The first kappa shape index (κ1) is 13.6. The minimum Gasteiger partial charge on any atom is -0.466 e. The molecule has 0 saturated heterocycles. The summed E-state index contributed by atoms with van der Waals surface area (Å²) in [5, 5.41) is 0. The van der Waals surface area contributed by atoms with Crippen LogP contribution in [-0.2, 0) is 16.1 Å². The van der Waals surface area contributed by atoms with Crippen LogP contribution in [0.4, 0.5) is 0 Å². The van der Waals surface area contributed by atoms with Crippen molar-refractivity contribution in [1.29, 1.82) is 0 Å². The molecule has 0 radical (unpaired) electrons. The van der Waals surface area contributed by atoms with E-state index >= 15 is 0 Å². The predicted molar refractivity (Wildman–Crippen MR) is 75.1 cm³/mol. The molecule has 0 amide bonds. The van der Waals surface area contributed by atoms with Crippen LogP contribution >= 0.6 is 0 Å². The van der Waals surface area contributed by atoms with Gasteiger partial charge in [-0.05, 0) is 44.9 Å². The molecule has 0 N–H and O–H groups in total. The van der Waals surface area contributed by atoms with E-state index in [-0.39, 0.29) is 5.97 Å². The Bertz CT molecular complexity index is 587. The second-order valence-corrected chi connectivity index (χ2v) is 4.71. The molecule has 1 aromatic heterocycles. The second kappa shape index (κ2) is 5.87. The minimum atomic E-state index is -0.125. The maximum absolute atomic E-state index is 11.3. The molecule has 4 nitrogen and oxygen atoms in total. The zero-order valence-corrected chi connectivity index (χ0v) is 11.8. The molecular weight excluding hydrogens is 240 g/mol. The fourth-order valence-corrected chi connectivity index (χ4v) is 2.26. The SMILES string of the molecule is CCOC(=O)CCCn1c(C)nc2cc(C)ccc21. The first-order chi connectivity index (χ1) is 9.11. The van der Waals surface area contributed by atoms with Gasteiger partial charge in [-0.2, -0.15) is 0 Å². The van der Waals surface area contributed by atoms with Gasteiger partial charge in [0.2, 0.25) is 0 Å². The van der Waals surface area contributed by atoms with Gasteiger partial charge < -0.3 is 9.30 Å². The molecule has 4 heteroatoms. The highest BCUT2D eigenvalue weighted by molar-refractivity contribution is 5.76. The number of carbonyl (C=O) groups excluding carboxylic acids is 1. The van der Waals surface area contributed by atoms with Crippen LogP contribution in [0.25, 0.3) is 11.0 Å². The standard InChI is InChI=1S/C15H20N2O2/c1-4-19-15(18)6-5-9-17-12(3)16-13-10-11(2)7-8-14(13)17/h7-8,10H,4-6,9H2,1-3H3. The topological polar surface area (TPSA) is 44.1 Å². The summed E-state index contributed by atoms with van der Waals surface area (Å²) in [6, 6.07) is 6.27. The summed E-state index contributed by atoms with van der Waals surface area (Å²) in [6.07, 6.45) is 1.23. The van der Waals surface area contributed by atoms with Gasteiger partial charge >= 0.3 is 5.97 Å². The average Bonchev–Trinajstić information content (AvgIpc) is 2.65. The van der Waals surface area contributed by atoms with Crippen molar-refractivity contribution in [3.8, 4) is 0 Å². The van der Waals surface area contributed by atoms with Crippen LogP contribution in [0.15, 0.2) is 18.2 Å². The van der Waals surface area contributed by atoms with E-state index < -0.39 is 0 Å². The first-order valence-electron chi connectivity index (χ1n) is 6.71. The highest BCUT2D eigenvalue weighted by Crippen LogP contribution is 2.18. The molecule has 0 spiro atoms. The van der Waals surface area contributed by atoms with E-state index in [0.717, 1.165) is 29.8 Å². The third-order valence-electron chi connectivity index (χ3n) is 3.16. The van der Waals surface area contributed by atoms with Gasteiger partial charge in [-0.25, -0.2) is 4.98 Å². The molecule has 2 rings (SSSR count). The van der Waals surface area contributed by atoms with Crippen LogP contribution in [0.1, 0.15) is 31.2 Å². The van der Waals surface area contributed by atoms with Crippen molar-refractivity contribution in [2.75, 3.05) is 6.61 Å². The van der Waals surface area contributed by atoms with Crippen molar-refractivity contribution in [3.63, 3.8) is 0 Å². The van der Waals surface area contributed by atoms with Gasteiger partial charge in [0, 0.05) is 13.0 Å². The lowest BCUT2D eigenvalue weighted by atomic mass is 10.2. The normalized spacial score (nSPS) is 10.9. The summed E-state index contributed by atoms with van der Waals surface area (Å²) >= 11 is 0. The molecule has 0 atom stereocenters. The van der Waals surface area contributed by atoms with E-state index in [4.69, 9.17) is 4.74 Å². The second-order valence-electron chi connectivity index (χ2n) is 4.71. The Morgan fingerprint density at radius 2 is 2.16 bits per heavy atom. The number of nitrogens with zero attached hydrogens (tertiary/aromatic N) is 2. The fraction of sp³-hybridized carbons (Fsp3) is 0.467. The molecule has 0 saturated carbocycles. The number of fused-ring (bicyclic) bond motifs is 1. The number of hydrogen-bond donors (Lipinski definition) is 0. The zero-order valence-electron chi connectivity index (χ0n) is 11.8. The van der Waals surface area contributed by atoms with Crippen molar-refractivity contribution < 1.29 is 9.53 Å². The third kappa shape index (κ3) is 3.13. The number of rotatable bonds is 5. The maximum Gasteiger partial charge on any atom is 0.305 e. The zero-order chi connectivity index (χ0) is 13.8. The van der Waals surface area contributed by atoms with Crippen LogP contribution in [0.2, 0.25) is 0 Å². The number of carbonyl (C=O) groups is 1. The molecule has 0 aliphatic rings. The molecule has 0 aliphatic carbocycles. The number of aryl methyl sites for hydroxylation is 3. The fourth-order valence-electron chi connectivity index (χ4n) is 2.26. The van der Waals surface area contributed by atoms with Crippen LogP contribution < -0.4 is 0 Å². The summed E-state index contributed by atoms with van der Waals surface area (Å²) < 4.78 is 7.09. The Kier molecular flexibility index (Phi) is 4.20. The number of imidazole rings is 1. The summed E-state index contributed by atoms with van der Waals surface area (Å²) in [6.45, 7) is 7.14. The lowest BCUT2D eigenvalue weighted by molar-refractivity contribution is -0.143. The van der Waals surface area contributed by atoms with Gasteiger partial charge in [-0.15, -0.1) is 0 Å². The highest BCUT2D eigenvalue weighted by atomic mass is 16.5. The van der Waals surface area contributed by atoms with Crippen LogP contribution in [0.3, 0.4) is 0 Å². The number of benzene rings is 1. The van der Waals surface area contributed by atoms with Gasteiger partial charge in [0.25, 0.3) is 0 Å². The molecule has 0 unspecified atom stereocenters. The smallest absolute Gasteiger partial charge is 0.305 e. The Balaban J connectivity index is 2.08. The molecule has 19 heavy (non-hydrogen) atoms. The number of hydrogen-bond acceptors (Lipinski definition) is 3. The largest absolute Gasteiger partial charge is 0.466 e. The monoisotopic (exact) mass is 260 g/mol. The summed E-state index contributed by atoms with van der Waals surface area (Å²) in [5.41, 5.74) is 3.37. The van der Waals surface area contributed by atoms with E-state index in [9.17, 15) is 4.79 Å². The predicted octanol–water partition coefficient (Wildman–Crippen LogP) is 3.00. The number of esters is 1. The van der Waals surface area contributed by atoms with Gasteiger partial charge in [0.15, 0.2) is 0 Å². The molecule has 2 aromatic rings. The van der Waals surface area contributed by atoms with E-state index in [0.29, 0.717) is 13.0 Å². The Morgan fingerprint density at radius 1 is 1.37 bits per heavy atom. The highest BCUT2D eigenvalue weighted by Gasteiger charge is 2.08. The summed E-state index contributed by atoms with van der Waals surface area (Å²) in [5.74, 6) is 0.866. The van der Waals surface area contributed by atoms with Crippen molar-refractivity contribution >= 4 is 17.0 Å². The van der Waals surface area contributed by atoms with Crippen LogP contribution in [0.5, 0.6) is 0 Å². The first-order valence-corrected chi connectivity index (χ1v) is 6.71. The van der Waals surface area contributed by atoms with E-state index in [2.05, 4.69) is 34.7 Å². The van der Waals surface area contributed by atoms with Gasteiger partial charge in [0.05, 0.1) is 17.6 Å². The van der Waals surface area contributed by atoms with E-state index in [1.54, 1.807) is 0 Å². The quantitative estimate of drug-likeness (QED) is 0.776. The van der Waals surface area contributed by atoms with E-state index in [1.165, 1.54) is 5.56 Å². The van der Waals surface area contributed by atoms with Gasteiger partial charge in [-0.3, -0.25) is 4.79 Å². The molecule has 0 bridgehead atoms. The van der Waals surface area contributed by atoms with Gasteiger partial charge in [0.1, 0.15) is 5.82 Å². The van der Waals surface area contributed by atoms with Crippen molar-refractivity contribution in [1.82, 2.24) is 9.55 Å². The summed E-state index contributed by atoms with van der Waals surface area (Å²) in [4.78, 5) is 15.9. The molecule has 0 aliphatic heterocycles. The Morgan fingerprint density at radius 3 is 2.89 bits per heavy atom. The van der Waals surface area contributed by atoms with Crippen LogP contribution in [-0.4, -0.2) is 22.1 Å². The maximum atomic E-state index is 11.3. The van der Waals surface area contributed by atoms with Crippen molar-refractivity contribution in [2.45, 2.75) is 40.2 Å². The number of aromatic nitrogens is 2. The molecule has 0 fully saturated rings. The third-order valence-corrected chi connectivity index (χ3v) is 3.16. The Labute approximate surface area is 113 Å². The van der Waals surface area contributed by atoms with Gasteiger partial charge in [-0.1, -0.05) is 6.07 Å². The molecule has 1 heterocycles. The minimum absolute atomic E-state index is 0.125. The molecular formula is C15H20N2O2. The lowest BCUT2D eigenvalue weighted by Gasteiger charge is -2.06. The molecule has 1 aromatic carbocycles.